The number of thiocarbonyl (C=S) groups is 1. The molecule has 0 spiro atoms. The molecule has 1 aliphatic rings. The van der Waals surface area contributed by atoms with Crippen LogP contribution in [0, 0.1) is 0 Å². The second kappa shape index (κ2) is 7.27. The van der Waals surface area contributed by atoms with E-state index in [9.17, 15) is 0 Å². The van der Waals surface area contributed by atoms with Crippen LogP contribution in [0.5, 0.6) is 0 Å². The Morgan fingerprint density at radius 3 is 2.00 bits per heavy atom. The second-order valence-electron chi connectivity index (χ2n) is 1.70. The van der Waals surface area contributed by atoms with Crippen LogP contribution in [0.15, 0.2) is 0 Å². The normalized spacial score (nSPS) is 16.9. The van der Waals surface area contributed by atoms with E-state index in [0.29, 0.717) is 0 Å². The van der Waals surface area contributed by atoms with Crippen LogP contribution in [0.1, 0.15) is 0 Å². The summed E-state index contributed by atoms with van der Waals surface area (Å²) in [6.45, 7) is 3.83. The van der Waals surface area contributed by atoms with Gasteiger partial charge in [-0.3, -0.25) is 0 Å². The lowest BCUT2D eigenvalue weighted by atomic mass is 10.5. The van der Waals surface area contributed by atoms with Gasteiger partial charge in [0.1, 0.15) is 4.32 Å². The smallest absolute Gasteiger partial charge is 0.128 e. The lowest BCUT2D eigenvalue weighted by molar-refractivity contribution is 0.109. The van der Waals surface area contributed by atoms with Crippen molar-refractivity contribution in [2.45, 2.75) is 0 Å². The Morgan fingerprint density at radius 1 is 1.50 bits per heavy atom. The van der Waals surface area contributed by atoms with Crippen molar-refractivity contribution >= 4 is 29.2 Å². The minimum Gasteiger partial charge on any atom is -0.385 e. The Hall–Kier alpha value is 0.160. The Kier molecular flexibility index (Phi) is 7.39. The van der Waals surface area contributed by atoms with E-state index >= 15 is 0 Å². The van der Waals surface area contributed by atoms with Gasteiger partial charge in [-0.2, -0.15) is 0 Å². The molecule has 0 saturated carbocycles. The van der Waals surface area contributed by atoms with Crippen LogP contribution in [0.2, 0.25) is 0 Å². The lowest BCUT2D eigenvalue weighted by Gasteiger charge is -2.10. The van der Waals surface area contributed by atoms with Gasteiger partial charge in [0.2, 0.25) is 0 Å². The molecule has 1 saturated heterocycles. The number of nitrogens with two attached hydrogens (primary N) is 1. The van der Waals surface area contributed by atoms with Gasteiger partial charge >= 0.3 is 0 Å². The molecule has 5 heteroatoms. The van der Waals surface area contributed by atoms with E-state index in [1.165, 1.54) is 0 Å². The zero-order valence-electron chi connectivity index (χ0n) is 5.67. The van der Waals surface area contributed by atoms with Crippen molar-refractivity contribution in [2.24, 2.45) is 5.73 Å². The number of thiol groups is 1. The van der Waals surface area contributed by atoms with E-state index in [-0.39, 0.29) is 4.32 Å². The minimum atomic E-state index is 0.194. The number of morpholine rings is 1. The largest absolute Gasteiger partial charge is 0.385 e. The summed E-state index contributed by atoms with van der Waals surface area (Å²) in [7, 11) is 0. The highest BCUT2D eigenvalue weighted by molar-refractivity contribution is 8.10. The fraction of sp³-hybridized carbons (Fsp3) is 0.800. The highest BCUT2D eigenvalue weighted by Crippen LogP contribution is 1.76. The first-order valence-electron chi connectivity index (χ1n) is 3.00. The first-order valence-corrected chi connectivity index (χ1v) is 3.86. The molecule has 1 rings (SSSR count). The number of nitrogens with one attached hydrogen (secondary N) is 1. The van der Waals surface area contributed by atoms with Gasteiger partial charge in [0.25, 0.3) is 0 Å². The summed E-state index contributed by atoms with van der Waals surface area (Å²) in [5.74, 6) is 0. The van der Waals surface area contributed by atoms with Crippen molar-refractivity contribution in [2.75, 3.05) is 26.3 Å². The molecule has 0 amide bonds. The predicted octanol–water partition coefficient (Wildman–Crippen LogP) is -0.234. The highest BCUT2D eigenvalue weighted by atomic mass is 32.1. The van der Waals surface area contributed by atoms with E-state index in [2.05, 4.69) is 30.2 Å². The molecule has 1 aliphatic heterocycles. The molecule has 0 radical (unpaired) electrons. The van der Waals surface area contributed by atoms with Gasteiger partial charge in [0.15, 0.2) is 0 Å². The van der Waals surface area contributed by atoms with Crippen LogP contribution in [0.4, 0.5) is 0 Å². The molecule has 10 heavy (non-hydrogen) atoms. The summed E-state index contributed by atoms with van der Waals surface area (Å²) in [6, 6.07) is 0. The van der Waals surface area contributed by atoms with E-state index < -0.39 is 0 Å². The average Bonchev–Trinajstić information content (AvgIpc) is 1.90. The van der Waals surface area contributed by atoms with Crippen LogP contribution in [-0.4, -0.2) is 30.6 Å². The molecular formula is C5H12N2OS2. The van der Waals surface area contributed by atoms with Crippen molar-refractivity contribution in [1.82, 2.24) is 5.32 Å². The first-order chi connectivity index (χ1) is 4.73. The van der Waals surface area contributed by atoms with Gasteiger partial charge in [-0.15, -0.1) is 12.6 Å². The molecule has 0 aliphatic carbocycles. The molecule has 3 nitrogen and oxygen atoms in total. The minimum absolute atomic E-state index is 0.194. The number of hydrogen-bond donors (Lipinski definition) is 3. The number of hydrogen-bond acceptors (Lipinski definition) is 3. The third-order valence-electron chi connectivity index (χ3n) is 0.846. The Labute approximate surface area is 71.7 Å². The maximum absolute atomic E-state index is 5.01. The van der Waals surface area contributed by atoms with Crippen LogP contribution in [0.25, 0.3) is 0 Å². The first kappa shape index (κ1) is 10.2. The van der Waals surface area contributed by atoms with Crippen molar-refractivity contribution in [1.29, 1.82) is 0 Å². The average molecular weight is 180 g/mol. The quantitative estimate of drug-likeness (QED) is 0.356. The molecule has 0 bridgehead atoms. The Balaban J connectivity index is 0.000000180. The van der Waals surface area contributed by atoms with E-state index in [1.54, 1.807) is 0 Å². The summed E-state index contributed by atoms with van der Waals surface area (Å²) in [6.07, 6.45) is 0. The lowest BCUT2D eigenvalue weighted by Crippen LogP contribution is -2.30. The van der Waals surface area contributed by atoms with Crippen molar-refractivity contribution < 1.29 is 4.74 Å². The zero-order chi connectivity index (χ0) is 7.82. The summed E-state index contributed by atoms with van der Waals surface area (Å²) >= 11 is 7.65. The van der Waals surface area contributed by atoms with E-state index in [1.807, 2.05) is 0 Å². The molecule has 1 heterocycles. The zero-order valence-corrected chi connectivity index (χ0v) is 7.38. The van der Waals surface area contributed by atoms with E-state index in [4.69, 9.17) is 10.5 Å². The molecule has 60 valence electrons. The van der Waals surface area contributed by atoms with Crippen molar-refractivity contribution in [3.8, 4) is 0 Å². The van der Waals surface area contributed by atoms with Crippen LogP contribution >= 0.6 is 24.8 Å². The van der Waals surface area contributed by atoms with Crippen LogP contribution < -0.4 is 11.1 Å². The molecule has 0 atom stereocenters. The fourth-order valence-electron chi connectivity index (χ4n) is 0.516. The van der Waals surface area contributed by atoms with Gasteiger partial charge in [-0.1, -0.05) is 12.2 Å². The summed E-state index contributed by atoms with van der Waals surface area (Å²) < 4.78 is 5.20. The molecule has 0 aromatic carbocycles. The third-order valence-corrected chi connectivity index (χ3v) is 0.846. The molecule has 0 aromatic rings. The molecule has 0 unspecified atom stereocenters. The van der Waals surface area contributed by atoms with Gasteiger partial charge in [-0.05, 0) is 0 Å². The van der Waals surface area contributed by atoms with Gasteiger partial charge in [0.05, 0.1) is 13.2 Å². The highest BCUT2D eigenvalue weighted by Gasteiger charge is 1.92. The number of ether oxygens (including phenoxy) is 1. The Morgan fingerprint density at radius 2 is 1.90 bits per heavy atom. The molecular weight excluding hydrogens is 168 g/mol. The fourth-order valence-corrected chi connectivity index (χ4v) is 0.516. The van der Waals surface area contributed by atoms with Gasteiger partial charge in [0, 0.05) is 13.1 Å². The van der Waals surface area contributed by atoms with Gasteiger partial charge < -0.3 is 15.8 Å². The molecule has 1 fully saturated rings. The van der Waals surface area contributed by atoms with E-state index in [0.717, 1.165) is 26.3 Å². The number of rotatable bonds is 0. The Bertz CT molecular complexity index is 80.1. The van der Waals surface area contributed by atoms with Crippen LogP contribution in [-0.2, 0) is 4.74 Å². The predicted molar refractivity (Wildman–Crippen MR) is 49.5 cm³/mol. The monoisotopic (exact) mass is 180 g/mol. The topological polar surface area (TPSA) is 47.3 Å². The van der Waals surface area contributed by atoms with Crippen LogP contribution in [0.3, 0.4) is 0 Å². The van der Waals surface area contributed by atoms with Gasteiger partial charge in [-0.25, -0.2) is 0 Å². The molecule has 3 N–H and O–H groups in total. The standard InChI is InChI=1S/C4H9NO.CH3NS2/c1-3-6-4-2-5-1;2-1(3)4/h5H,1-4H2;(H3,2,3,4). The van der Waals surface area contributed by atoms with Crippen molar-refractivity contribution in [3.05, 3.63) is 0 Å². The molecule has 0 aromatic heterocycles. The summed E-state index contributed by atoms with van der Waals surface area (Å²) in [4.78, 5) is 0. The maximum Gasteiger partial charge on any atom is 0.128 e. The van der Waals surface area contributed by atoms with Crippen molar-refractivity contribution in [3.63, 3.8) is 0 Å². The maximum atomic E-state index is 5.01. The third kappa shape index (κ3) is 11.0. The SMILES string of the molecule is C1COCCN1.NC(=S)S. The summed E-state index contributed by atoms with van der Waals surface area (Å²) in [5.41, 5.74) is 4.71. The second-order valence-corrected chi connectivity index (χ2v) is 2.92. The summed E-state index contributed by atoms with van der Waals surface area (Å²) in [5, 5.41) is 3.16.